The number of halogens is 4. The van der Waals surface area contributed by atoms with Gasteiger partial charge in [-0.2, -0.15) is 0 Å². The summed E-state index contributed by atoms with van der Waals surface area (Å²) in [6, 6.07) is 2.00. The summed E-state index contributed by atoms with van der Waals surface area (Å²) in [7, 11) is -3.93. The minimum Gasteiger partial charge on any atom is -0.296 e. The molecule has 3 rings (SSSR count). The van der Waals surface area contributed by atoms with E-state index in [-0.39, 0.29) is 31.7 Å². The van der Waals surface area contributed by atoms with Crippen molar-refractivity contribution >= 4 is 55.6 Å². The van der Waals surface area contributed by atoms with Crippen molar-refractivity contribution in [1.29, 1.82) is 0 Å². The van der Waals surface area contributed by atoms with Crippen LogP contribution >= 0.6 is 34.5 Å². The molecular formula is C13H10Cl2F2N4O3S2. The van der Waals surface area contributed by atoms with Crippen LogP contribution in [-0.2, 0) is 10.0 Å². The lowest BCUT2D eigenvalue weighted by atomic mass is 10.2. The summed E-state index contributed by atoms with van der Waals surface area (Å²) in [6.07, 6.45) is -1.37. The van der Waals surface area contributed by atoms with Gasteiger partial charge < -0.3 is 0 Å². The Morgan fingerprint density at radius 2 is 1.92 bits per heavy atom. The summed E-state index contributed by atoms with van der Waals surface area (Å²) in [5.74, 6) is -0.827. The van der Waals surface area contributed by atoms with Crippen molar-refractivity contribution < 1.29 is 22.0 Å². The van der Waals surface area contributed by atoms with Crippen molar-refractivity contribution in [3.05, 3.63) is 32.7 Å². The maximum atomic E-state index is 12.5. The highest BCUT2D eigenvalue weighted by atomic mass is 35.5. The van der Waals surface area contributed by atoms with E-state index in [4.69, 9.17) is 23.2 Å². The topological polar surface area (TPSA) is 101 Å². The first kappa shape index (κ1) is 19.4. The van der Waals surface area contributed by atoms with Gasteiger partial charge in [0.2, 0.25) is 15.2 Å². The number of alkyl halides is 2. The summed E-state index contributed by atoms with van der Waals surface area (Å²) in [4.78, 5) is 12.0. The van der Waals surface area contributed by atoms with E-state index in [0.717, 1.165) is 25.0 Å². The lowest BCUT2D eigenvalue weighted by Gasteiger charge is -2.11. The Bertz CT molecular complexity index is 964. The molecule has 0 aliphatic heterocycles. The molecule has 0 unspecified atom stereocenters. The Hall–Kier alpha value is -1.40. The molecular weight excluding hydrogens is 433 g/mol. The van der Waals surface area contributed by atoms with Crippen molar-refractivity contribution in [3.63, 3.8) is 0 Å². The lowest BCUT2D eigenvalue weighted by Crippen LogP contribution is -2.26. The van der Waals surface area contributed by atoms with Crippen LogP contribution in [0.25, 0.3) is 0 Å². The lowest BCUT2D eigenvalue weighted by molar-refractivity contribution is 0.102. The Morgan fingerprint density at radius 1 is 1.23 bits per heavy atom. The molecule has 1 aliphatic carbocycles. The van der Waals surface area contributed by atoms with E-state index in [2.05, 4.69) is 20.2 Å². The van der Waals surface area contributed by atoms with Gasteiger partial charge in [0, 0.05) is 6.04 Å². The third-order valence-corrected chi connectivity index (χ3v) is 6.45. The zero-order valence-corrected chi connectivity index (χ0v) is 15.8. The number of nitrogens with zero attached hydrogens (tertiary/aromatic N) is 2. The van der Waals surface area contributed by atoms with Gasteiger partial charge in [-0.25, -0.2) is 21.9 Å². The molecule has 2 N–H and O–H groups in total. The predicted octanol–water partition coefficient (Wildman–Crippen LogP) is 3.48. The fraction of sp³-hybridized carbons (Fsp3) is 0.308. The highest BCUT2D eigenvalue weighted by Gasteiger charge is 2.30. The summed E-state index contributed by atoms with van der Waals surface area (Å²) in [5.41, 5.74) is -0.193. The van der Waals surface area contributed by atoms with Gasteiger partial charge in [0.15, 0.2) is 5.01 Å². The van der Waals surface area contributed by atoms with Gasteiger partial charge >= 0.3 is 0 Å². The summed E-state index contributed by atoms with van der Waals surface area (Å²) in [6.45, 7) is 0. The molecule has 1 fully saturated rings. The number of hydrogen-bond acceptors (Lipinski definition) is 6. The molecule has 26 heavy (non-hydrogen) atoms. The fourth-order valence-electron chi connectivity index (χ4n) is 1.93. The molecule has 0 atom stereocenters. The summed E-state index contributed by atoms with van der Waals surface area (Å²) in [5, 5.41) is 7.95. The molecule has 1 heterocycles. The van der Waals surface area contributed by atoms with E-state index in [1.54, 1.807) is 0 Å². The van der Waals surface area contributed by atoms with E-state index >= 15 is 0 Å². The van der Waals surface area contributed by atoms with Crippen molar-refractivity contribution in [1.82, 2.24) is 14.9 Å². The number of carbonyl (C=O) groups excluding carboxylic acids is 1. The molecule has 0 spiro atoms. The van der Waals surface area contributed by atoms with Crippen LogP contribution in [0.15, 0.2) is 17.0 Å². The van der Waals surface area contributed by atoms with Gasteiger partial charge in [-0.15, -0.1) is 10.2 Å². The molecule has 1 aromatic heterocycles. The van der Waals surface area contributed by atoms with Gasteiger partial charge in [0.1, 0.15) is 4.90 Å². The second-order valence-electron chi connectivity index (χ2n) is 5.36. The minimum atomic E-state index is -3.93. The van der Waals surface area contributed by atoms with Crippen molar-refractivity contribution in [2.75, 3.05) is 5.32 Å². The Balaban J connectivity index is 1.88. The van der Waals surface area contributed by atoms with Gasteiger partial charge in [-0.1, -0.05) is 34.5 Å². The first-order chi connectivity index (χ1) is 12.2. The van der Waals surface area contributed by atoms with Gasteiger partial charge in [0.05, 0.1) is 15.6 Å². The Morgan fingerprint density at radius 3 is 2.50 bits per heavy atom. The monoisotopic (exact) mass is 442 g/mol. The molecule has 0 radical (unpaired) electrons. The number of benzene rings is 1. The maximum Gasteiger partial charge on any atom is 0.291 e. The zero-order valence-electron chi connectivity index (χ0n) is 12.7. The number of amides is 1. The van der Waals surface area contributed by atoms with Crippen LogP contribution in [0, 0.1) is 0 Å². The molecule has 1 amide bonds. The minimum absolute atomic E-state index is 0.100. The Kier molecular flexibility index (Phi) is 5.45. The summed E-state index contributed by atoms with van der Waals surface area (Å²) < 4.78 is 52.2. The molecule has 1 aromatic carbocycles. The number of rotatable bonds is 6. The van der Waals surface area contributed by atoms with Crippen molar-refractivity contribution in [2.24, 2.45) is 0 Å². The van der Waals surface area contributed by atoms with Gasteiger partial charge in [-0.3, -0.25) is 10.1 Å². The molecule has 13 heteroatoms. The van der Waals surface area contributed by atoms with E-state index in [0.29, 0.717) is 11.3 Å². The molecule has 1 aliphatic rings. The first-order valence-corrected chi connectivity index (χ1v) is 10.2. The molecule has 0 bridgehead atoms. The van der Waals surface area contributed by atoms with Crippen molar-refractivity contribution in [2.45, 2.75) is 30.2 Å². The quantitative estimate of drug-likeness (QED) is 0.712. The second kappa shape index (κ2) is 7.31. The maximum absolute atomic E-state index is 12.5. The van der Waals surface area contributed by atoms with Crippen LogP contribution in [0.3, 0.4) is 0 Å². The smallest absolute Gasteiger partial charge is 0.291 e. The SMILES string of the molecule is O=C(Nc1nnc(C(F)F)s1)c1cc(S(=O)(=O)NC2CC2)c(Cl)cc1Cl. The number of nitrogens with one attached hydrogen (secondary N) is 2. The molecule has 7 nitrogen and oxygen atoms in total. The van der Waals surface area contributed by atoms with E-state index in [1.807, 2.05) is 0 Å². The van der Waals surface area contributed by atoms with E-state index in [9.17, 15) is 22.0 Å². The van der Waals surface area contributed by atoms with Crippen LogP contribution in [0.2, 0.25) is 10.0 Å². The molecule has 1 saturated carbocycles. The predicted molar refractivity (Wildman–Crippen MR) is 92.6 cm³/mol. The Labute approximate surface area is 160 Å². The van der Waals surface area contributed by atoms with Crippen LogP contribution in [0.5, 0.6) is 0 Å². The average molecular weight is 443 g/mol. The van der Waals surface area contributed by atoms with Crippen LogP contribution in [0.1, 0.15) is 34.6 Å². The molecule has 0 saturated heterocycles. The molecule has 140 valence electrons. The zero-order chi connectivity index (χ0) is 19.1. The summed E-state index contributed by atoms with van der Waals surface area (Å²) >= 11 is 12.4. The molecule has 2 aromatic rings. The van der Waals surface area contributed by atoms with Crippen LogP contribution in [-0.4, -0.2) is 30.6 Å². The largest absolute Gasteiger partial charge is 0.296 e. The van der Waals surface area contributed by atoms with E-state index < -0.39 is 27.4 Å². The fourth-order valence-corrected chi connectivity index (χ4v) is 4.69. The highest BCUT2D eigenvalue weighted by molar-refractivity contribution is 7.89. The van der Waals surface area contributed by atoms with Crippen molar-refractivity contribution in [3.8, 4) is 0 Å². The normalized spacial score (nSPS) is 14.7. The number of aromatic nitrogens is 2. The number of hydrogen-bond donors (Lipinski definition) is 2. The van der Waals surface area contributed by atoms with E-state index in [1.165, 1.54) is 0 Å². The second-order valence-corrected chi connectivity index (χ2v) is 8.86. The third-order valence-electron chi connectivity index (χ3n) is 3.30. The highest BCUT2D eigenvalue weighted by Crippen LogP contribution is 2.31. The van der Waals surface area contributed by atoms with Gasteiger partial charge in [0.25, 0.3) is 12.3 Å². The van der Waals surface area contributed by atoms with Gasteiger partial charge in [-0.05, 0) is 25.0 Å². The van der Waals surface area contributed by atoms with Crippen LogP contribution < -0.4 is 10.0 Å². The number of anilines is 1. The van der Waals surface area contributed by atoms with Crippen LogP contribution in [0.4, 0.5) is 13.9 Å². The first-order valence-electron chi connectivity index (χ1n) is 7.11. The number of sulfonamides is 1. The average Bonchev–Trinajstić information content (AvgIpc) is 3.20. The third kappa shape index (κ3) is 4.29. The standard InChI is InChI=1S/C13H10Cl2F2N4O3S2/c14-7-4-8(15)9(26(23,24)21-5-1-2-5)3-6(7)11(22)18-13-20-19-12(25-13)10(16)17/h3-5,10,21H,1-2H2,(H,18,20,22). The number of carbonyl (C=O) groups is 1.